The Morgan fingerprint density at radius 3 is 2.37 bits per heavy atom. The monoisotopic (exact) mass is 271 g/mol. The Balaban J connectivity index is 2.24. The zero-order chi connectivity index (χ0) is 13.8. The third-order valence-electron chi connectivity index (χ3n) is 2.84. The van der Waals surface area contributed by atoms with E-state index in [9.17, 15) is 0 Å². The van der Waals surface area contributed by atoms with Gasteiger partial charge in [-0.3, -0.25) is 0 Å². The smallest absolute Gasteiger partial charge is 0.145 e. The van der Waals surface area contributed by atoms with Crippen LogP contribution in [0.25, 0.3) is 0 Å². The molecule has 96 valence electrons. The van der Waals surface area contributed by atoms with Gasteiger partial charge in [0.15, 0.2) is 0 Å². The molecule has 2 rings (SSSR count). The van der Waals surface area contributed by atoms with Crippen LogP contribution in [-0.2, 0) is 0 Å². The molecule has 0 spiro atoms. The van der Waals surface area contributed by atoms with E-state index in [0.29, 0.717) is 28.0 Å². The Morgan fingerprint density at radius 1 is 1.11 bits per heavy atom. The van der Waals surface area contributed by atoms with E-state index in [2.05, 4.69) is 19.9 Å². The summed E-state index contributed by atoms with van der Waals surface area (Å²) in [6.45, 7) is 4.28. The molecule has 0 saturated carbocycles. The fraction of sp³-hybridized carbons (Fsp3) is 0.188. The molecule has 19 heavy (non-hydrogen) atoms. The summed E-state index contributed by atoms with van der Waals surface area (Å²) in [6.07, 6.45) is 0. The van der Waals surface area contributed by atoms with Gasteiger partial charge in [-0.25, -0.2) is 0 Å². The van der Waals surface area contributed by atoms with E-state index in [0.717, 1.165) is 0 Å². The first-order valence-electron chi connectivity index (χ1n) is 6.07. The molecule has 0 saturated heterocycles. The molecule has 0 fully saturated rings. The van der Waals surface area contributed by atoms with E-state index in [1.807, 2.05) is 24.3 Å². The van der Waals surface area contributed by atoms with E-state index in [1.54, 1.807) is 18.2 Å². The zero-order valence-corrected chi connectivity index (χ0v) is 11.6. The van der Waals surface area contributed by atoms with Crippen LogP contribution in [-0.4, -0.2) is 0 Å². The Hall–Kier alpha value is -1.98. The standard InChI is InChI=1S/C16H14ClNO/c1-11(2)12-3-6-15(7-4-12)19-16-8-5-14(17)9-13(16)10-18/h3-9,11H,1-2H3. The molecule has 0 aliphatic heterocycles. The Labute approximate surface area is 118 Å². The van der Waals surface area contributed by atoms with Gasteiger partial charge in [-0.15, -0.1) is 0 Å². The molecule has 2 aromatic rings. The minimum Gasteiger partial charge on any atom is -0.456 e. The lowest BCUT2D eigenvalue weighted by Crippen LogP contribution is -1.90. The number of hydrogen-bond donors (Lipinski definition) is 0. The summed E-state index contributed by atoms with van der Waals surface area (Å²) in [5, 5.41) is 9.58. The van der Waals surface area contributed by atoms with Gasteiger partial charge in [-0.1, -0.05) is 37.6 Å². The van der Waals surface area contributed by atoms with Crippen LogP contribution in [0.3, 0.4) is 0 Å². The van der Waals surface area contributed by atoms with Gasteiger partial charge in [-0.2, -0.15) is 5.26 Å². The molecular weight excluding hydrogens is 258 g/mol. The van der Waals surface area contributed by atoms with Gasteiger partial charge in [0.25, 0.3) is 0 Å². The number of nitriles is 1. The molecule has 3 heteroatoms. The fourth-order valence-corrected chi connectivity index (χ4v) is 1.90. The average molecular weight is 272 g/mol. The molecule has 2 aromatic carbocycles. The van der Waals surface area contributed by atoms with E-state index >= 15 is 0 Å². The van der Waals surface area contributed by atoms with E-state index in [-0.39, 0.29) is 0 Å². The number of halogens is 1. The second kappa shape index (κ2) is 5.77. The highest BCUT2D eigenvalue weighted by molar-refractivity contribution is 6.30. The maximum atomic E-state index is 9.05. The first-order valence-corrected chi connectivity index (χ1v) is 6.45. The Bertz CT molecular complexity index is 612. The van der Waals surface area contributed by atoms with Crippen molar-refractivity contribution in [1.82, 2.24) is 0 Å². The molecule has 0 unspecified atom stereocenters. The second-order valence-corrected chi connectivity index (χ2v) is 5.01. The van der Waals surface area contributed by atoms with Gasteiger partial charge in [-0.05, 0) is 41.8 Å². The number of nitrogens with zero attached hydrogens (tertiary/aromatic N) is 1. The molecule has 0 heterocycles. The maximum absolute atomic E-state index is 9.05. The van der Waals surface area contributed by atoms with Crippen LogP contribution in [0.15, 0.2) is 42.5 Å². The van der Waals surface area contributed by atoms with Crippen LogP contribution in [0.5, 0.6) is 11.5 Å². The Kier molecular flexibility index (Phi) is 4.09. The van der Waals surface area contributed by atoms with E-state index < -0.39 is 0 Å². The predicted octanol–water partition coefficient (Wildman–Crippen LogP) is 5.13. The van der Waals surface area contributed by atoms with Crippen LogP contribution in [0, 0.1) is 11.3 Å². The lowest BCUT2D eigenvalue weighted by atomic mass is 10.0. The van der Waals surface area contributed by atoms with Crippen LogP contribution in [0.4, 0.5) is 0 Å². The lowest BCUT2D eigenvalue weighted by molar-refractivity contribution is 0.481. The minimum absolute atomic E-state index is 0.431. The minimum atomic E-state index is 0.431. The third-order valence-corrected chi connectivity index (χ3v) is 3.07. The van der Waals surface area contributed by atoms with Gasteiger partial charge in [0.2, 0.25) is 0 Å². The number of benzene rings is 2. The summed E-state index contributed by atoms with van der Waals surface area (Å²) < 4.78 is 5.71. The lowest BCUT2D eigenvalue weighted by Gasteiger charge is -2.09. The van der Waals surface area contributed by atoms with E-state index in [4.69, 9.17) is 21.6 Å². The van der Waals surface area contributed by atoms with Crippen LogP contribution < -0.4 is 4.74 Å². The first-order chi connectivity index (χ1) is 9.10. The topological polar surface area (TPSA) is 33.0 Å². The van der Waals surface area contributed by atoms with E-state index in [1.165, 1.54) is 5.56 Å². The number of rotatable bonds is 3. The molecule has 2 nitrogen and oxygen atoms in total. The predicted molar refractivity (Wildman–Crippen MR) is 76.8 cm³/mol. The van der Waals surface area contributed by atoms with Crippen molar-refractivity contribution in [3.05, 3.63) is 58.6 Å². The number of hydrogen-bond acceptors (Lipinski definition) is 2. The van der Waals surface area contributed by atoms with Crippen molar-refractivity contribution in [2.24, 2.45) is 0 Å². The number of ether oxygens (including phenoxy) is 1. The van der Waals surface area contributed by atoms with Gasteiger partial charge in [0, 0.05) is 5.02 Å². The van der Waals surface area contributed by atoms with Gasteiger partial charge in [0.05, 0.1) is 5.56 Å². The largest absolute Gasteiger partial charge is 0.456 e. The normalized spacial score (nSPS) is 10.3. The van der Waals surface area contributed by atoms with Crippen molar-refractivity contribution in [2.45, 2.75) is 19.8 Å². The second-order valence-electron chi connectivity index (χ2n) is 4.58. The highest BCUT2D eigenvalue weighted by Crippen LogP contribution is 2.28. The molecule has 0 aliphatic rings. The fourth-order valence-electron chi connectivity index (χ4n) is 1.73. The zero-order valence-electron chi connectivity index (χ0n) is 10.9. The summed E-state index contributed by atoms with van der Waals surface area (Å²) in [5.41, 5.74) is 1.68. The Morgan fingerprint density at radius 2 is 1.79 bits per heavy atom. The van der Waals surface area contributed by atoms with Crippen LogP contribution in [0.1, 0.15) is 30.9 Å². The maximum Gasteiger partial charge on any atom is 0.145 e. The first kappa shape index (κ1) is 13.5. The van der Waals surface area contributed by atoms with Crippen LogP contribution >= 0.6 is 11.6 Å². The van der Waals surface area contributed by atoms with Crippen molar-refractivity contribution in [1.29, 1.82) is 5.26 Å². The quantitative estimate of drug-likeness (QED) is 0.775. The van der Waals surface area contributed by atoms with Crippen LogP contribution in [0.2, 0.25) is 5.02 Å². The summed E-state index contributed by atoms with van der Waals surface area (Å²) in [5.74, 6) is 1.71. The molecule has 0 atom stereocenters. The van der Waals surface area contributed by atoms with Crippen molar-refractivity contribution in [2.75, 3.05) is 0 Å². The highest BCUT2D eigenvalue weighted by Gasteiger charge is 2.06. The highest BCUT2D eigenvalue weighted by atomic mass is 35.5. The van der Waals surface area contributed by atoms with Gasteiger partial charge >= 0.3 is 0 Å². The molecule has 0 bridgehead atoms. The molecule has 0 N–H and O–H groups in total. The summed E-state index contributed by atoms with van der Waals surface area (Å²) >= 11 is 5.85. The van der Waals surface area contributed by atoms with Crippen molar-refractivity contribution < 1.29 is 4.74 Å². The van der Waals surface area contributed by atoms with Gasteiger partial charge in [0.1, 0.15) is 17.6 Å². The van der Waals surface area contributed by atoms with Gasteiger partial charge < -0.3 is 4.74 Å². The van der Waals surface area contributed by atoms with Crippen molar-refractivity contribution in [3.8, 4) is 17.6 Å². The molecule has 0 aliphatic carbocycles. The molecule has 0 amide bonds. The summed E-state index contributed by atoms with van der Waals surface area (Å²) in [4.78, 5) is 0. The van der Waals surface area contributed by atoms with Crippen molar-refractivity contribution in [3.63, 3.8) is 0 Å². The average Bonchev–Trinajstić information content (AvgIpc) is 2.41. The van der Waals surface area contributed by atoms with Crippen molar-refractivity contribution >= 4 is 11.6 Å². The SMILES string of the molecule is CC(C)c1ccc(Oc2ccc(Cl)cc2C#N)cc1. The molecule has 0 radical (unpaired) electrons. The molecular formula is C16H14ClNO. The summed E-state index contributed by atoms with van der Waals surface area (Å²) in [7, 11) is 0. The summed E-state index contributed by atoms with van der Waals surface area (Å²) in [6, 6.07) is 15.0. The third kappa shape index (κ3) is 3.27. The molecule has 0 aromatic heterocycles.